The van der Waals surface area contributed by atoms with Crippen molar-refractivity contribution in [2.45, 2.75) is 6.61 Å². The van der Waals surface area contributed by atoms with E-state index in [1.807, 2.05) is 30.3 Å². The maximum atomic E-state index is 11.7. The molecule has 0 unspecified atom stereocenters. The molecule has 0 aliphatic carbocycles. The number of ether oxygens (including phenoxy) is 2. The Balaban J connectivity index is 1.95. The number of anilines is 1. The molecule has 0 spiro atoms. The lowest BCUT2D eigenvalue weighted by Crippen LogP contribution is -2.15. The van der Waals surface area contributed by atoms with Gasteiger partial charge in [-0.1, -0.05) is 30.3 Å². The van der Waals surface area contributed by atoms with Gasteiger partial charge in [0.1, 0.15) is 11.2 Å². The van der Waals surface area contributed by atoms with Gasteiger partial charge >= 0.3 is 6.09 Å². The van der Waals surface area contributed by atoms with Crippen molar-refractivity contribution in [1.82, 2.24) is 9.97 Å². The van der Waals surface area contributed by atoms with Crippen molar-refractivity contribution in [3.63, 3.8) is 0 Å². The second-order valence-electron chi connectivity index (χ2n) is 3.74. The highest BCUT2D eigenvalue weighted by atomic mass is 79.9. The average molecular weight is 338 g/mol. The maximum absolute atomic E-state index is 11.7. The van der Waals surface area contributed by atoms with Crippen LogP contribution in [0.1, 0.15) is 5.56 Å². The van der Waals surface area contributed by atoms with Gasteiger partial charge in [-0.15, -0.1) is 0 Å². The van der Waals surface area contributed by atoms with E-state index in [1.54, 1.807) is 0 Å². The molecule has 0 fully saturated rings. The number of benzene rings is 1. The number of methoxy groups -OCH3 is 1. The topological polar surface area (TPSA) is 73.3 Å². The van der Waals surface area contributed by atoms with E-state index in [2.05, 4.69) is 31.2 Å². The summed E-state index contributed by atoms with van der Waals surface area (Å²) < 4.78 is 10.6. The van der Waals surface area contributed by atoms with Crippen LogP contribution in [0, 0.1) is 0 Å². The van der Waals surface area contributed by atoms with Gasteiger partial charge < -0.3 is 9.47 Å². The first kappa shape index (κ1) is 14.3. The Morgan fingerprint density at radius 1 is 1.35 bits per heavy atom. The second-order valence-corrected chi connectivity index (χ2v) is 4.55. The zero-order valence-corrected chi connectivity index (χ0v) is 12.3. The van der Waals surface area contributed by atoms with E-state index in [0.717, 1.165) is 5.56 Å². The Morgan fingerprint density at radius 3 is 2.80 bits per heavy atom. The summed E-state index contributed by atoms with van der Waals surface area (Å²) in [6.45, 7) is 0.180. The molecule has 1 heterocycles. The number of carbonyl (C=O) groups excluding carboxylic acids is 1. The van der Waals surface area contributed by atoms with Gasteiger partial charge in [0.05, 0.1) is 13.3 Å². The summed E-state index contributed by atoms with van der Waals surface area (Å²) >= 11 is 3.17. The van der Waals surface area contributed by atoms with Crippen LogP contribution in [-0.4, -0.2) is 23.2 Å². The third kappa shape index (κ3) is 3.92. The van der Waals surface area contributed by atoms with Crippen molar-refractivity contribution in [1.29, 1.82) is 0 Å². The van der Waals surface area contributed by atoms with Crippen LogP contribution >= 0.6 is 15.9 Å². The van der Waals surface area contributed by atoms with Crippen LogP contribution in [-0.2, 0) is 11.3 Å². The van der Waals surface area contributed by atoms with E-state index < -0.39 is 6.09 Å². The Hall–Kier alpha value is -2.15. The quantitative estimate of drug-likeness (QED) is 0.928. The summed E-state index contributed by atoms with van der Waals surface area (Å²) in [7, 11) is 1.44. The first-order valence-electron chi connectivity index (χ1n) is 5.73. The van der Waals surface area contributed by atoms with Gasteiger partial charge in [0.15, 0.2) is 5.82 Å². The fourth-order valence-corrected chi connectivity index (χ4v) is 1.70. The highest BCUT2D eigenvalue weighted by Crippen LogP contribution is 2.20. The lowest BCUT2D eigenvalue weighted by Gasteiger charge is -2.09. The van der Waals surface area contributed by atoms with E-state index in [9.17, 15) is 4.79 Å². The standard InChI is InChI=1S/C13H12BrN3O3/c1-19-12-11(15-7-10(14)16-12)17-13(18)20-8-9-5-3-2-4-6-9/h2-7H,8H2,1H3,(H,15,17,18). The number of nitrogens with one attached hydrogen (secondary N) is 1. The molecule has 0 radical (unpaired) electrons. The Morgan fingerprint density at radius 2 is 2.10 bits per heavy atom. The molecule has 0 aliphatic rings. The van der Waals surface area contributed by atoms with Crippen molar-refractivity contribution in [3.8, 4) is 5.88 Å². The number of amides is 1. The first-order valence-corrected chi connectivity index (χ1v) is 6.52. The minimum absolute atomic E-state index is 0.180. The second kappa shape index (κ2) is 6.85. The van der Waals surface area contributed by atoms with Crippen LogP contribution in [0.2, 0.25) is 0 Å². The van der Waals surface area contributed by atoms with Crippen LogP contribution in [0.4, 0.5) is 10.6 Å². The summed E-state index contributed by atoms with van der Waals surface area (Å²) in [5.41, 5.74) is 0.900. The number of nitrogens with zero attached hydrogens (tertiary/aromatic N) is 2. The zero-order chi connectivity index (χ0) is 14.4. The normalized spacial score (nSPS) is 9.90. The number of halogens is 1. The van der Waals surface area contributed by atoms with Gasteiger partial charge in [-0.05, 0) is 21.5 Å². The van der Waals surface area contributed by atoms with E-state index >= 15 is 0 Å². The fourth-order valence-electron chi connectivity index (χ4n) is 1.44. The molecule has 0 saturated heterocycles. The third-order valence-corrected chi connectivity index (χ3v) is 2.72. The molecule has 1 amide bonds. The largest absolute Gasteiger partial charge is 0.478 e. The van der Waals surface area contributed by atoms with Gasteiger partial charge in [0.2, 0.25) is 0 Å². The van der Waals surface area contributed by atoms with Crippen LogP contribution < -0.4 is 10.1 Å². The summed E-state index contributed by atoms with van der Waals surface area (Å²) in [4.78, 5) is 19.7. The van der Waals surface area contributed by atoms with Crippen LogP contribution in [0.3, 0.4) is 0 Å². The average Bonchev–Trinajstić information content (AvgIpc) is 2.48. The van der Waals surface area contributed by atoms with Crippen LogP contribution in [0.5, 0.6) is 5.88 Å². The predicted molar refractivity (Wildman–Crippen MR) is 76.5 cm³/mol. The summed E-state index contributed by atoms with van der Waals surface area (Å²) in [5, 5.41) is 2.48. The number of hydrogen-bond donors (Lipinski definition) is 1. The van der Waals surface area contributed by atoms with Crippen molar-refractivity contribution in [2.75, 3.05) is 12.4 Å². The molecule has 104 valence electrons. The molecule has 1 aromatic carbocycles. The summed E-state index contributed by atoms with van der Waals surface area (Å²) in [6, 6.07) is 9.38. The third-order valence-electron chi connectivity index (χ3n) is 2.34. The molecule has 0 aliphatic heterocycles. The highest BCUT2D eigenvalue weighted by molar-refractivity contribution is 9.10. The van der Waals surface area contributed by atoms with E-state index in [4.69, 9.17) is 9.47 Å². The Labute approximate surface area is 124 Å². The van der Waals surface area contributed by atoms with Gasteiger partial charge in [-0.25, -0.2) is 14.8 Å². The molecule has 1 aromatic heterocycles. The molecule has 7 heteroatoms. The van der Waals surface area contributed by atoms with E-state index in [0.29, 0.717) is 4.60 Å². The monoisotopic (exact) mass is 337 g/mol. The van der Waals surface area contributed by atoms with Gasteiger partial charge in [0, 0.05) is 0 Å². The predicted octanol–water partition coefficient (Wildman–Crippen LogP) is 3.00. The molecule has 2 aromatic rings. The minimum atomic E-state index is -0.622. The zero-order valence-electron chi connectivity index (χ0n) is 10.7. The number of hydrogen-bond acceptors (Lipinski definition) is 5. The van der Waals surface area contributed by atoms with Gasteiger partial charge in [0.25, 0.3) is 5.88 Å². The van der Waals surface area contributed by atoms with E-state index in [1.165, 1.54) is 13.3 Å². The molecule has 0 saturated carbocycles. The molecule has 0 atom stereocenters. The van der Waals surface area contributed by atoms with Gasteiger partial charge in [-0.3, -0.25) is 5.32 Å². The van der Waals surface area contributed by atoms with Crippen molar-refractivity contribution in [2.24, 2.45) is 0 Å². The maximum Gasteiger partial charge on any atom is 0.413 e. The number of rotatable bonds is 4. The molecule has 1 N–H and O–H groups in total. The highest BCUT2D eigenvalue weighted by Gasteiger charge is 2.11. The lowest BCUT2D eigenvalue weighted by molar-refractivity contribution is 0.155. The summed E-state index contributed by atoms with van der Waals surface area (Å²) in [6.07, 6.45) is 0.832. The van der Waals surface area contributed by atoms with Crippen molar-refractivity contribution in [3.05, 3.63) is 46.7 Å². The molecular weight excluding hydrogens is 326 g/mol. The summed E-state index contributed by atoms with van der Waals surface area (Å²) in [5.74, 6) is 0.407. The van der Waals surface area contributed by atoms with Crippen LogP contribution in [0.25, 0.3) is 0 Å². The molecular formula is C13H12BrN3O3. The molecule has 6 nitrogen and oxygen atoms in total. The lowest BCUT2D eigenvalue weighted by atomic mass is 10.2. The van der Waals surface area contributed by atoms with Gasteiger partial charge in [-0.2, -0.15) is 0 Å². The Kier molecular flexibility index (Phi) is 4.89. The van der Waals surface area contributed by atoms with Crippen LogP contribution in [0.15, 0.2) is 41.1 Å². The van der Waals surface area contributed by atoms with Crippen molar-refractivity contribution >= 4 is 27.8 Å². The molecule has 0 bridgehead atoms. The number of aromatic nitrogens is 2. The SMILES string of the molecule is COc1nc(Br)cnc1NC(=O)OCc1ccccc1. The Bertz CT molecular complexity index is 593. The number of carbonyl (C=O) groups is 1. The first-order chi connectivity index (χ1) is 9.69. The fraction of sp³-hybridized carbons (Fsp3) is 0.154. The smallest absolute Gasteiger partial charge is 0.413 e. The van der Waals surface area contributed by atoms with E-state index in [-0.39, 0.29) is 18.3 Å². The molecule has 20 heavy (non-hydrogen) atoms. The molecule has 2 rings (SSSR count). The minimum Gasteiger partial charge on any atom is -0.478 e. The van der Waals surface area contributed by atoms with Crippen molar-refractivity contribution < 1.29 is 14.3 Å².